The number of amides is 1. The summed E-state index contributed by atoms with van der Waals surface area (Å²) in [7, 11) is 0. The summed E-state index contributed by atoms with van der Waals surface area (Å²) in [6, 6.07) is 0.587. The van der Waals surface area contributed by atoms with Gasteiger partial charge in [-0.3, -0.25) is 4.79 Å². The smallest absolute Gasteiger partial charge is 0.226 e. The highest BCUT2D eigenvalue weighted by molar-refractivity contribution is 5.79. The van der Waals surface area contributed by atoms with Crippen LogP contribution in [-0.2, 0) is 4.79 Å². The molecule has 0 bridgehead atoms. The monoisotopic (exact) mass is 238 g/mol. The van der Waals surface area contributed by atoms with Crippen LogP contribution in [0.2, 0.25) is 0 Å². The van der Waals surface area contributed by atoms with Crippen molar-refractivity contribution in [3.63, 3.8) is 0 Å². The molecule has 0 aromatic rings. The number of hydrogen-bond acceptors (Lipinski definition) is 2. The normalized spacial score (nSPS) is 34.7. The fourth-order valence-electron chi connectivity index (χ4n) is 3.07. The van der Waals surface area contributed by atoms with E-state index in [9.17, 15) is 4.79 Å². The van der Waals surface area contributed by atoms with E-state index in [4.69, 9.17) is 0 Å². The van der Waals surface area contributed by atoms with Gasteiger partial charge in [0.05, 0.1) is 5.92 Å². The van der Waals surface area contributed by atoms with Gasteiger partial charge in [0.1, 0.15) is 0 Å². The Labute approximate surface area is 105 Å². The molecule has 3 unspecified atom stereocenters. The molecule has 0 aliphatic carbocycles. The third-order valence-corrected chi connectivity index (χ3v) is 4.42. The molecule has 1 amide bonds. The highest BCUT2D eigenvalue weighted by Crippen LogP contribution is 2.23. The highest BCUT2D eigenvalue weighted by atomic mass is 16.2. The number of likely N-dealkylation sites (tertiary alicyclic amines) is 1. The highest BCUT2D eigenvalue weighted by Gasteiger charge is 2.30. The second-order valence-corrected chi connectivity index (χ2v) is 5.78. The van der Waals surface area contributed by atoms with E-state index in [-0.39, 0.29) is 5.92 Å². The molecule has 2 heterocycles. The van der Waals surface area contributed by atoms with Crippen molar-refractivity contribution >= 4 is 5.91 Å². The van der Waals surface area contributed by atoms with Crippen LogP contribution in [0.5, 0.6) is 0 Å². The molecule has 1 N–H and O–H groups in total. The van der Waals surface area contributed by atoms with Gasteiger partial charge in [0.15, 0.2) is 0 Å². The third kappa shape index (κ3) is 3.21. The predicted octanol–water partition coefficient (Wildman–Crippen LogP) is 2.02. The summed E-state index contributed by atoms with van der Waals surface area (Å²) in [4.78, 5) is 14.5. The van der Waals surface area contributed by atoms with E-state index in [0.29, 0.717) is 11.9 Å². The zero-order chi connectivity index (χ0) is 12.3. The Morgan fingerprint density at radius 1 is 1.35 bits per heavy atom. The van der Waals surface area contributed by atoms with Crippen LogP contribution in [0.25, 0.3) is 0 Å². The van der Waals surface area contributed by atoms with E-state index in [0.717, 1.165) is 38.4 Å². The van der Waals surface area contributed by atoms with Gasteiger partial charge in [0.25, 0.3) is 0 Å². The standard InChI is InChI=1S/C14H26N2O/c1-3-12-5-4-8-16(10-12)14(17)13-7-6-11(2)15-9-13/h11-13,15H,3-10H2,1-2H3. The van der Waals surface area contributed by atoms with Crippen molar-refractivity contribution in [2.45, 2.75) is 52.0 Å². The van der Waals surface area contributed by atoms with Crippen molar-refractivity contribution in [1.29, 1.82) is 0 Å². The van der Waals surface area contributed by atoms with Gasteiger partial charge < -0.3 is 10.2 Å². The molecule has 0 radical (unpaired) electrons. The van der Waals surface area contributed by atoms with Crippen LogP contribution in [0.15, 0.2) is 0 Å². The van der Waals surface area contributed by atoms with Gasteiger partial charge in [-0.25, -0.2) is 0 Å². The van der Waals surface area contributed by atoms with Crippen molar-refractivity contribution in [2.24, 2.45) is 11.8 Å². The van der Waals surface area contributed by atoms with E-state index in [2.05, 4.69) is 24.1 Å². The first-order valence-electron chi connectivity index (χ1n) is 7.23. The summed E-state index contributed by atoms with van der Waals surface area (Å²) in [6.07, 6.45) is 5.92. The maximum Gasteiger partial charge on any atom is 0.226 e. The Hall–Kier alpha value is -0.570. The van der Waals surface area contributed by atoms with Crippen molar-refractivity contribution in [1.82, 2.24) is 10.2 Å². The van der Waals surface area contributed by atoms with E-state index in [1.165, 1.54) is 19.3 Å². The predicted molar refractivity (Wildman–Crippen MR) is 69.8 cm³/mol. The average Bonchev–Trinajstić information content (AvgIpc) is 2.39. The van der Waals surface area contributed by atoms with E-state index >= 15 is 0 Å². The van der Waals surface area contributed by atoms with Crippen LogP contribution in [0.1, 0.15) is 46.0 Å². The lowest BCUT2D eigenvalue weighted by atomic mass is 9.91. The molecule has 2 saturated heterocycles. The third-order valence-electron chi connectivity index (χ3n) is 4.42. The molecule has 3 nitrogen and oxygen atoms in total. The first-order valence-corrected chi connectivity index (χ1v) is 7.23. The second kappa shape index (κ2) is 5.85. The number of carbonyl (C=O) groups is 1. The number of piperidine rings is 2. The van der Waals surface area contributed by atoms with Gasteiger partial charge in [-0.2, -0.15) is 0 Å². The molecule has 2 aliphatic heterocycles. The molecule has 98 valence electrons. The van der Waals surface area contributed by atoms with E-state index in [1.807, 2.05) is 0 Å². The minimum absolute atomic E-state index is 0.238. The average molecular weight is 238 g/mol. The summed E-state index contributed by atoms with van der Waals surface area (Å²) >= 11 is 0. The van der Waals surface area contributed by atoms with Gasteiger partial charge >= 0.3 is 0 Å². The zero-order valence-electron chi connectivity index (χ0n) is 11.2. The van der Waals surface area contributed by atoms with Gasteiger partial charge in [0.2, 0.25) is 5.91 Å². The summed E-state index contributed by atoms with van der Waals surface area (Å²) in [6.45, 7) is 7.31. The number of rotatable bonds is 2. The number of carbonyl (C=O) groups excluding carboxylic acids is 1. The Bertz CT molecular complexity index is 259. The van der Waals surface area contributed by atoms with E-state index in [1.54, 1.807) is 0 Å². The van der Waals surface area contributed by atoms with Gasteiger partial charge in [-0.05, 0) is 38.5 Å². The molecule has 2 rings (SSSR count). The summed E-state index contributed by atoms with van der Waals surface area (Å²) in [5.41, 5.74) is 0. The van der Waals surface area contributed by atoms with Crippen LogP contribution in [0.3, 0.4) is 0 Å². The molecular weight excluding hydrogens is 212 g/mol. The fourth-order valence-corrected chi connectivity index (χ4v) is 3.07. The van der Waals surface area contributed by atoms with E-state index < -0.39 is 0 Å². The largest absolute Gasteiger partial charge is 0.342 e. The first kappa shape index (κ1) is 12.9. The minimum atomic E-state index is 0.238. The maximum atomic E-state index is 12.4. The summed E-state index contributed by atoms with van der Waals surface area (Å²) in [5.74, 6) is 1.38. The number of hydrogen-bond donors (Lipinski definition) is 1. The molecule has 0 spiro atoms. The minimum Gasteiger partial charge on any atom is -0.342 e. The Kier molecular flexibility index (Phi) is 4.43. The maximum absolute atomic E-state index is 12.4. The SMILES string of the molecule is CCC1CCCN(C(=O)C2CCC(C)NC2)C1. The lowest BCUT2D eigenvalue weighted by Gasteiger charge is -2.36. The molecule has 3 heteroatoms. The van der Waals surface area contributed by atoms with Crippen molar-refractivity contribution in [3.05, 3.63) is 0 Å². The van der Waals surface area contributed by atoms with Crippen LogP contribution in [0.4, 0.5) is 0 Å². The number of nitrogens with one attached hydrogen (secondary N) is 1. The topological polar surface area (TPSA) is 32.3 Å². The quantitative estimate of drug-likeness (QED) is 0.798. The molecule has 2 aliphatic rings. The fraction of sp³-hybridized carbons (Fsp3) is 0.929. The second-order valence-electron chi connectivity index (χ2n) is 5.78. The zero-order valence-corrected chi connectivity index (χ0v) is 11.2. The molecule has 17 heavy (non-hydrogen) atoms. The molecule has 0 aromatic carbocycles. The summed E-state index contributed by atoms with van der Waals surface area (Å²) < 4.78 is 0. The number of nitrogens with zero attached hydrogens (tertiary/aromatic N) is 1. The van der Waals surface area contributed by atoms with Gasteiger partial charge in [-0.1, -0.05) is 13.3 Å². The molecule has 2 fully saturated rings. The Balaban J connectivity index is 1.86. The molecule has 0 saturated carbocycles. The van der Waals surface area contributed by atoms with Gasteiger partial charge in [-0.15, -0.1) is 0 Å². The Morgan fingerprint density at radius 2 is 2.18 bits per heavy atom. The molecular formula is C14H26N2O. The lowest BCUT2D eigenvalue weighted by Crippen LogP contribution is -2.48. The first-order chi connectivity index (χ1) is 8.20. The van der Waals surface area contributed by atoms with Crippen LogP contribution in [0, 0.1) is 11.8 Å². The Morgan fingerprint density at radius 3 is 2.82 bits per heavy atom. The van der Waals surface area contributed by atoms with Crippen molar-refractivity contribution in [3.8, 4) is 0 Å². The summed E-state index contributed by atoms with van der Waals surface area (Å²) in [5, 5.41) is 3.43. The molecule has 3 atom stereocenters. The lowest BCUT2D eigenvalue weighted by molar-refractivity contribution is -0.138. The van der Waals surface area contributed by atoms with Crippen LogP contribution < -0.4 is 5.32 Å². The van der Waals surface area contributed by atoms with Crippen molar-refractivity contribution in [2.75, 3.05) is 19.6 Å². The van der Waals surface area contributed by atoms with Crippen LogP contribution >= 0.6 is 0 Å². The van der Waals surface area contributed by atoms with Crippen molar-refractivity contribution < 1.29 is 4.79 Å². The van der Waals surface area contributed by atoms with Gasteiger partial charge in [0, 0.05) is 25.7 Å². The van der Waals surface area contributed by atoms with Crippen LogP contribution in [-0.4, -0.2) is 36.5 Å². The molecule has 0 aromatic heterocycles.